The Morgan fingerprint density at radius 1 is 1.12 bits per heavy atom. The zero-order chi connectivity index (χ0) is 24.2. The van der Waals surface area contributed by atoms with Crippen LogP contribution < -0.4 is 15.4 Å². The Balaban J connectivity index is 1.82. The molecule has 2 aromatic carbocycles. The Bertz CT molecular complexity index is 1040. The number of ether oxygens (including phenoxy) is 1. The number of imide groups is 1. The number of nitrogens with one attached hydrogen (secondary N) is 2. The molecule has 0 aromatic heterocycles. The van der Waals surface area contributed by atoms with E-state index in [1.165, 1.54) is 0 Å². The number of hydrogen-bond donors (Lipinski definition) is 2. The lowest BCUT2D eigenvalue weighted by atomic mass is 9.87. The fourth-order valence-corrected chi connectivity index (χ4v) is 3.61. The van der Waals surface area contributed by atoms with E-state index < -0.39 is 41.7 Å². The highest BCUT2D eigenvalue weighted by Gasteiger charge is 2.51. The van der Waals surface area contributed by atoms with Crippen molar-refractivity contribution in [1.82, 2.24) is 10.2 Å². The van der Waals surface area contributed by atoms with Gasteiger partial charge in [0.05, 0.1) is 17.9 Å². The molecule has 0 bridgehead atoms. The van der Waals surface area contributed by atoms with Crippen LogP contribution in [-0.4, -0.2) is 35.9 Å². The van der Waals surface area contributed by atoms with Gasteiger partial charge in [-0.2, -0.15) is 13.2 Å². The average molecular weight is 463 g/mol. The first-order valence-electron chi connectivity index (χ1n) is 10.5. The number of amides is 4. The highest BCUT2D eigenvalue weighted by Crippen LogP contribution is 2.36. The lowest BCUT2D eigenvalue weighted by Gasteiger charge is -2.25. The first-order chi connectivity index (χ1) is 15.6. The van der Waals surface area contributed by atoms with Gasteiger partial charge in [0.2, 0.25) is 5.91 Å². The molecule has 0 spiro atoms. The fraction of sp³-hybridized carbons (Fsp3) is 0.348. The molecule has 0 radical (unpaired) electrons. The van der Waals surface area contributed by atoms with E-state index in [1.807, 2.05) is 6.92 Å². The van der Waals surface area contributed by atoms with Gasteiger partial charge in [-0.05, 0) is 36.6 Å². The van der Waals surface area contributed by atoms with E-state index in [-0.39, 0.29) is 24.5 Å². The van der Waals surface area contributed by atoms with Gasteiger partial charge in [0.25, 0.3) is 5.91 Å². The Morgan fingerprint density at radius 2 is 1.82 bits per heavy atom. The molecule has 0 saturated carbocycles. The second-order valence-corrected chi connectivity index (χ2v) is 7.55. The summed E-state index contributed by atoms with van der Waals surface area (Å²) in [5, 5.41) is 5.00. The van der Waals surface area contributed by atoms with Gasteiger partial charge in [-0.25, -0.2) is 4.79 Å². The molecule has 3 rings (SSSR count). The van der Waals surface area contributed by atoms with Crippen molar-refractivity contribution in [3.8, 4) is 5.75 Å². The zero-order valence-electron chi connectivity index (χ0n) is 18.2. The minimum atomic E-state index is -4.62. The minimum absolute atomic E-state index is 0.0580. The molecule has 1 saturated heterocycles. The lowest BCUT2D eigenvalue weighted by Crippen LogP contribution is -2.44. The molecule has 1 heterocycles. The average Bonchev–Trinajstić information content (AvgIpc) is 3.03. The molecule has 0 aliphatic carbocycles. The van der Waals surface area contributed by atoms with Crippen LogP contribution >= 0.6 is 0 Å². The molecule has 176 valence electrons. The zero-order valence-corrected chi connectivity index (χ0v) is 18.2. The third-order valence-electron chi connectivity index (χ3n) is 5.32. The Labute approximate surface area is 188 Å². The number of carbonyl (C=O) groups is 3. The van der Waals surface area contributed by atoms with Crippen LogP contribution in [0.25, 0.3) is 0 Å². The predicted octanol–water partition coefficient (Wildman–Crippen LogP) is 4.29. The highest BCUT2D eigenvalue weighted by atomic mass is 19.4. The van der Waals surface area contributed by atoms with E-state index in [0.717, 1.165) is 23.1 Å². The van der Waals surface area contributed by atoms with Gasteiger partial charge in [-0.1, -0.05) is 44.2 Å². The first kappa shape index (κ1) is 24.1. The number of carbonyl (C=O) groups excluding carboxylic acids is 3. The number of nitrogens with zero attached hydrogens (tertiary/aromatic N) is 1. The van der Waals surface area contributed by atoms with Gasteiger partial charge >= 0.3 is 12.2 Å². The minimum Gasteiger partial charge on any atom is -0.491 e. The van der Waals surface area contributed by atoms with Crippen molar-refractivity contribution in [3.63, 3.8) is 0 Å². The Morgan fingerprint density at radius 3 is 2.42 bits per heavy atom. The molecular weight excluding hydrogens is 439 g/mol. The molecule has 2 N–H and O–H groups in total. The van der Waals surface area contributed by atoms with Crippen LogP contribution in [0.3, 0.4) is 0 Å². The van der Waals surface area contributed by atoms with Crippen LogP contribution in [0.15, 0.2) is 48.5 Å². The van der Waals surface area contributed by atoms with Crippen molar-refractivity contribution in [3.05, 3.63) is 59.7 Å². The maximum Gasteiger partial charge on any atom is 0.416 e. The molecule has 2 aromatic rings. The van der Waals surface area contributed by atoms with E-state index in [4.69, 9.17) is 4.74 Å². The van der Waals surface area contributed by atoms with Gasteiger partial charge in [-0.15, -0.1) is 0 Å². The number of rotatable bonds is 8. The van der Waals surface area contributed by atoms with Gasteiger partial charge in [-0.3, -0.25) is 14.5 Å². The summed E-state index contributed by atoms with van der Waals surface area (Å²) in [6.07, 6.45) is -3.76. The summed E-state index contributed by atoms with van der Waals surface area (Å²) in [7, 11) is 0. The Kier molecular flexibility index (Phi) is 6.95. The van der Waals surface area contributed by atoms with Crippen LogP contribution in [0.4, 0.5) is 23.7 Å². The lowest BCUT2D eigenvalue weighted by molar-refractivity contribution is -0.137. The summed E-state index contributed by atoms with van der Waals surface area (Å²) in [5.74, 6) is -1.38. The topological polar surface area (TPSA) is 87.7 Å². The summed E-state index contributed by atoms with van der Waals surface area (Å²) in [6.45, 7) is 3.13. The fourth-order valence-electron chi connectivity index (χ4n) is 3.61. The smallest absolute Gasteiger partial charge is 0.416 e. The molecule has 1 atom stereocenters. The molecule has 1 fully saturated rings. The van der Waals surface area contributed by atoms with E-state index in [1.54, 1.807) is 37.3 Å². The largest absolute Gasteiger partial charge is 0.491 e. The summed E-state index contributed by atoms with van der Waals surface area (Å²) in [6, 6.07) is 10.6. The quantitative estimate of drug-likeness (QED) is 0.572. The summed E-state index contributed by atoms with van der Waals surface area (Å²) in [5.41, 5.74) is -1.91. The first-order valence-corrected chi connectivity index (χ1v) is 10.5. The Hall–Kier alpha value is -3.56. The summed E-state index contributed by atoms with van der Waals surface area (Å²) in [4.78, 5) is 39.1. The number of alkyl halides is 3. The van der Waals surface area contributed by atoms with Gasteiger partial charge in [0.1, 0.15) is 17.8 Å². The maximum absolute atomic E-state index is 13.1. The van der Waals surface area contributed by atoms with E-state index >= 15 is 0 Å². The van der Waals surface area contributed by atoms with Crippen molar-refractivity contribution < 1.29 is 32.3 Å². The number of hydrogen-bond acceptors (Lipinski definition) is 4. The number of urea groups is 1. The predicted molar refractivity (Wildman–Crippen MR) is 115 cm³/mol. The number of anilines is 1. The second kappa shape index (κ2) is 9.51. The molecule has 33 heavy (non-hydrogen) atoms. The van der Waals surface area contributed by atoms with Crippen LogP contribution in [-0.2, 0) is 21.3 Å². The SMILES string of the molecule is CCCOc1ccc(C(F)(F)F)cc1NC(=O)CN1C(=O)NC(CC)(c2ccccc2)C1=O. The monoisotopic (exact) mass is 463 g/mol. The van der Waals surface area contributed by atoms with E-state index in [9.17, 15) is 27.6 Å². The molecule has 1 unspecified atom stereocenters. The summed E-state index contributed by atoms with van der Waals surface area (Å²) >= 11 is 0. The second-order valence-electron chi connectivity index (χ2n) is 7.55. The van der Waals surface area contributed by atoms with E-state index in [2.05, 4.69) is 10.6 Å². The third kappa shape index (κ3) is 4.94. The summed E-state index contributed by atoms with van der Waals surface area (Å²) < 4.78 is 44.9. The van der Waals surface area contributed by atoms with Crippen molar-refractivity contribution in [2.75, 3.05) is 18.5 Å². The molecule has 1 aliphatic rings. The number of benzene rings is 2. The van der Waals surface area contributed by atoms with Gasteiger partial charge in [0, 0.05) is 0 Å². The third-order valence-corrected chi connectivity index (χ3v) is 5.32. The maximum atomic E-state index is 13.1. The van der Waals surface area contributed by atoms with Crippen LogP contribution in [0, 0.1) is 0 Å². The van der Waals surface area contributed by atoms with Crippen LogP contribution in [0.5, 0.6) is 5.75 Å². The van der Waals surface area contributed by atoms with Crippen LogP contribution in [0.1, 0.15) is 37.8 Å². The molecule has 7 nitrogen and oxygen atoms in total. The van der Waals surface area contributed by atoms with Crippen LogP contribution in [0.2, 0.25) is 0 Å². The van der Waals surface area contributed by atoms with Crippen molar-refractivity contribution in [2.45, 2.75) is 38.4 Å². The standard InChI is InChI=1S/C23H24F3N3O4/c1-3-12-33-18-11-10-16(23(24,25)26)13-17(18)27-19(30)14-29-20(31)22(4-2,28-21(29)32)15-8-6-5-7-9-15/h5-11,13H,3-4,12,14H2,1-2H3,(H,27,30)(H,28,32). The van der Waals surface area contributed by atoms with Crippen molar-refractivity contribution in [2.24, 2.45) is 0 Å². The van der Waals surface area contributed by atoms with Gasteiger partial charge in [0.15, 0.2) is 0 Å². The van der Waals surface area contributed by atoms with E-state index in [0.29, 0.717) is 12.0 Å². The van der Waals surface area contributed by atoms with Gasteiger partial charge < -0.3 is 15.4 Å². The van der Waals surface area contributed by atoms with Crippen molar-refractivity contribution >= 4 is 23.5 Å². The number of halogens is 3. The molecule has 10 heteroatoms. The molecular formula is C23H24F3N3O4. The highest BCUT2D eigenvalue weighted by molar-refractivity contribution is 6.10. The molecule has 1 aliphatic heterocycles. The van der Waals surface area contributed by atoms with Crippen molar-refractivity contribution in [1.29, 1.82) is 0 Å². The normalized spacial score (nSPS) is 18.3. The molecule has 4 amide bonds.